The first-order valence-corrected chi connectivity index (χ1v) is 10.5. The molecule has 2 N–H and O–H groups in total. The van der Waals surface area contributed by atoms with E-state index in [-0.39, 0.29) is 6.42 Å². The van der Waals surface area contributed by atoms with Gasteiger partial charge in [0.15, 0.2) is 6.10 Å². The number of aromatic nitrogens is 1. The highest BCUT2D eigenvalue weighted by atomic mass is 32.1. The average molecular weight is 423 g/mol. The van der Waals surface area contributed by atoms with Crippen LogP contribution in [0, 0.1) is 6.92 Å². The number of aryl methyl sites for hydroxylation is 1. The summed E-state index contributed by atoms with van der Waals surface area (Å²) < 4.78 is 12.7. The molecular weight excluding hydrogens is 402 g/mol. The first-order chi connectivity index (χ1) is 14.5. The van der Waals surface area contributed by atoms with Crippen molar-refractivity contribution in [2.45, 2.75) is 25.9 Å². The molecule has 6 nitrogen and oxygen atoms in total. The number of carboxylic acid groups (broad SMARTS) is 1. The number of aliphatic carboxylic acids is 1. The van der Waals surface area contributed by atoms with Gasteiger partial charge >= 0.3 is 5.97 Å². The molecule has 2 aromatic heterocycles. The molecule has 154 valence electrons. The Balaban J connectivity index is 1.45. The summed E-state index contributed by atoms with van der Waals surface area (Å²) in [6.45, 7) is 2.33. The number of rotatable bonds is 8. The van der Waals surface area contributed by atoms with Crippen molar-refractivity contribution in [2.75, 3.05) is 6.61 Å². The molecule has 0 radical (unpaired) electrons. The van der Waals surface area contributed by atoms with E-state index in [4.69, 9.17) is 14.3 Å². The monoisotopic (exact) mass is 423 g/mol. The molecule has 4 rings (SSSR count). The van der Waals surface area contributed by atoms with Crippen molar-refractivity contribution in [3.63, 3.8) is 0 Å². The van der Waals surface area contributed by atoms with Crippen molar-refractivity contribution in [2.24, 2.45) is 0 Å². The molecule has 1 atom stereocenters. The first-order valence-electron chi connectivity index (χ1n) is 9.57. The van der Waals surface area contributed by atoms with E-state index in [1.807, 2.05) is 60.8 Å². The van der Waals surface area contributed by atoms with E-state index < -0.39 is 12.1 Å². The Bertz CT molecular complexity index is 1170. The molecule has 0 unspecified atom stereocenters. The Labute approximate surface area is 177 Å². The van der Waals surface area contributed by atoms with Gasteiger partial charge in [-0.15, -0.1) is 11.3 Å². The quantitative estimate of drug-likeness (QED) is 0.434. The fourth-order valence-electron chi connectivity index (χ4n) is 3.30. The van der Waals surface area contributed by atoms with Gasteiger partial charge < -0.3 is 19.4 Å². The van der Waals surface area contributed by atoms with Gasteiger partial charge in [-0.25, -0.2) is 9.78 Å². The molecule has 0 aliphatic carbocycles. The molecule has 2 aromatic carbocycles. The maximum absolute atomic E-state index is 11.0. The van der Waals surface area contributed by atoms with Crippen LogP contribution < -0.4 is 4.74 Å². The van der Waals surface area contributed by atoms with Gasteiger partial charge in [-0.05, 0) is 42.1 Å². The number of carboxylic acids is 1. The number of benzene rings is 2. The van der Waals surface area contributed by atoms with E-state index in [0.29, 0.717) is 18.9 Å². The number of aliphatic hydroxyl groups is 1. The van der Waals surface area contributed by atoms with Crippen molar-refractivity contribution >= 4 is 27.4 Å². The topological polar surface area (TPSA) is 92.8 Å². The number of ether oxygens (including phenoxy) is 1. The highest BCUT2D eigenvalue weighted by Gasteiger charge is 2.17. The number of carbonyl (C=O) groups is 1. The van der Waals surface area contributed by atoms with E-state index >= 15 is 0 Å². The fourth-order valence-corrected chi connectivity index (χ4v) is 4.24. The van der Waals surface area contributed by atoms with Crippen molar-refractivity contribution in [1.82, 2.24) is 4.98 Å². The summed E-state index contributed by atoms with van der Waals surface area (Å²) in [5, 5.41) is 21.5. The molecule has 0 fully saturated rings. The van der Waals surface area contributed by atoms with Crippen LogP contribution in [0.15, 0.2) is 58.3 Å². The Morgan fingerprint density at radius 2 is 2.00 bits per heavy atom. The molecule has 0 bridgehead atoms. The second kappa shape index (κ2) is 8.69. The van der Waals surface area contributed by atoms with Crippen molar-refractivity contribution in [3.8, 4) is 17.2 Å². The van der Waals surface area contributed by atoms with Gasteiger partial charge in [0.25, 0.3) is 0 Å². The standard InChI is InChI=1S/C23H21NO5S/c1-14-18(24-22(29-14)15-5-3-2-4-6-15)9-11-28-20-8-7-16(13-19(25)23(26)27)21-17(20)10-12-30-21/h2-8,10,12,19,25H,9,11,13H2,1H3,(H,26,27)/t19-/m0/s1. The molecule has 4 aromatic rings. The van der Waals surface area contributed by atoms with Crippen molar-refractivity contribution in [3.05, 3.63) is 70.9 Å². The molecule has 0 spiro atoms. The number of hydrogen-bond acceptors (Lipinski definition) is 6. The van der Waals surface area contributed by atoms with Crippen LogP contribution in [0.4, 0.5) is 0 Å². The number of oxazole rings is 1. The summed E-state index contributed by atoms with van der Waals surface area (Å²) in [7, 11) is 0. The molecular formula is C23H21NO5S. The minimum absolute atomic E-state index is 0.0625. The number of aliphatic hydroxyl groups excluding tert-OH is 1. The second-order valence-electron chi connectivity index (χ2n) is 6.93. The molecule has 30 heavy (non-hydrogen) atoms. The maximum atomic E-state index is 11.0. The summed E-state index contributed by atoms with van der Waals surface area (Å²) in [5.41, 5.74) is 2.59. The van der Waals surface area contributed by atoms with Crippen LogP contribution in [0.2, 0.25) is 0 Å². The zero-order chi connectivity index (χ0) is 21.1. The van der Waals surface area contributed by atoms with Crippen LogP contribution >= 0.6 is 11.3 Å². The number of hydrogen-bond donors (Lipinski definition) is 2. The lowest BCUT2D eigenvalue weighted by molar-refractivity contribution is -0.146. The Kier molecular flexibility index (Phi) is 5.83. The number of thiophene rings is 1. The van der Waals surface area contributed by atoms with E-state index in [0.717, 1.165) is 38.4 Å². The zero-order valence-electron chi connectivity index (χ0n) is 16.4. The highest BCUT2D eigenvalue weighted by molar-refractivity contribution is 7.17. The second-order valence-corrected chi connectivity index (χ2v) is 7.85. The SMILES string of the molecule is Cc1oc(-c2ccccc2)nc1CCOc1ccc(C[C@H](O)C(=O)O)c2sccc12. The highest BCUT2D eigenvalue weighted by Crippen LogP contribution is 2.33. The molecule has 0 aliphatic rings. The minimum Gasteiger partial charge on any atom is -0.493 e. The van der Waals surface area contributed by atoms with Gasteiger partial charge in [-0.3, -0.25) is 0 Å². The Morgan fingerprint density at radius 3 is 2.77 bits per heavy atom. The first kappa shape index (κ1) is 20.1. The molecule has 0 saturated carbocycles. The lowest BCUT2D eigenvalue weighted by Crippen LogP contribution is -2.21. The van der Waals surface area contributed by atoms with Crippen molar-refractivity contribution < 1.29 is 24.2 Å². The van der Waals surface area contributed by atoms with Gasteiger partial charge in [0.2, 0.25) is 5.89 Å². The van der Waals surface area contributed by atoms with Crippen LogP contribution in [0.3, 0.4) is 0 Å². The third-order valence-corrected chi connectivity index (χ3v) is 5.86. The third kappa shape index (κ3) is 4.22. The molecule has 0 saturated heterocycles. The number of fused-ring (bicyclic) bond motifs is 1. The van der Waals surface area contributed by atoms with E-state index in [2.05, 4.69) is 4.98 Å². The van der Waals surface area contributed by atoms with Crippen LogP contribution in [0.5, 0.6) is 5.75 Å². The Hall–Kier alpha value is -3.16. The van der Waals surface area contributed by atoms with Crippen LogP contribution in [-0.2, 0) is 17.6 Å². The zero-order valence-corrected chi connectivity index (χ0v) is 17.2. The summed E-state index contributed by atoms with van der Waals surface area (Å²) in [6.07, 6.45) is -0.753. The lowest BCUT2D eigenvalue weighted by atomic mass is 10.1. The van der Waals surface area contributed by atoms with Gasteiger partial charge in [-0.2, -0.15) is 0 Å². The van der Waals surface area contributed by atoms with Gasteiger partial charge in [0.05, 0.1) is 12.3 Å². The smallest absolute Gasteiger partial charge is 0.332 e. The van der Waals surface area contributed by atoms with E-state index in [9.17, 15) is 9.90 Å². The van der Waals surface area contributed by atoms with Crippen molar-refractivity contribution in [1.29, 1.82) is 0 Å². The van der Waals surface area contributed by atoms with Gasteiger partial charge in [0, 0.05) is 28.5 Å². The summed E-state index contributed by atoms with van der Waals surface area (Å²) in [5.74, 6) is 0.878. The third-order valence-electron chi connectivity index (χ3n) is 4.87. The lowest BCUT2D eigenvalue weighted by Gasteiger charge is -2.11. The molecule has 2 heterocycles. The van der Waals surface area contributed by atoms with Gasteiger partial charge in [-0.1, -0.05) is 24.3 Å². The number of nitrogens with zero attached hydrogens (tertiary/aromatic N) is 1. The summed E-state index contributed by atoms with van der Waals surface area (Å²) in [6, 6.07) is 15.3. The molecule has 0 aliphatic heterocycles. The van der Waals surface area contributed by atoms with Gasteiger partial charge in [0.1, 0.15) is 11.5 Å². The van der Waals surface area contributed by atoms with Crippen LogP contribution in [-0.4, -0.2) is 33.9 Å². The fraction of sp³-hybridized carbons (Fsp3) is 0.217. The van der Waals surface area contributed by atoms with Crippen LogP contribution in [0.1, 0.15) is 17.0 Å². The summed E-state index contributed by atoms with van der Waals surface area (Å²) in [4.78, 5) is 15.6. The average Bonchev–Trinajstić information content (AvgIpc) is 3.37. The minimum atomic E-state index is -1.42. The van der Waals surface area contributed by atoms with E-state index in [1.54, 1.807) is 0 Å². The predicted molar refractivity (Wildman–Crippen MR) is 115 cm³/mol. The van der Waals surface area contributed by atoms with E-state index in [1.165, 1.54) is 11.3 Å². The van der Waals surface area contributed by atoms with Crippen LogP contribution in [0.25, 0.3) is 21.5 Å². The molecule has 7 heteroatoms. The Morgan fingerprint density at radius 1 is 1.20 bits per heavy atom. The largest absolute Gasteiger partial charge is 0.493 e. The molecule has 0 amide bonds. The maximum Gasteiger partial charge on any atom is 0.332 e. The normalized spacial score (nSPS) is 12.2. The predicted octanol–water partition coefficient (Wildman–Crippen LogP) is 4.47. The summed E-state index contributed by atoms with van der Waals surface area (Å²) >= 11 is 1.50.